The number of thioether (sulfide) groups is 1. The summed E-state index contributed by atoms with van der Waals surface area (Å²) in [5.74, 6) is 0.510. The number of aryl methyl sites for hydroxylation is 1. The topological polar surface area (TPSA) is 76.8 Å². The van der Waals surface area contributed by atoms with Gasteiger partial charge in [0.2, 0.25) is 11.1 Å². The van der Waals surface area contributed by atoms with Crippen molar-refractivity contribution < 1.29 is 4.79 Å². The maximum absolute atomic E-state index is 12.7. The number of amides is 1. The summed E-state index contributed by atoms with van der Waals surface area (Å²) in [6.07, 6.45) is 3.59. The fourth-order valence-corrected chi connectivity index (χ4v) is 4.04. The third-order valence-corrected chi connectivity index (χ3v) is 5.71. The molecule has 0 bridgehead atoms. The second kappa shape index (κ2) is 7.48. The van der Waals surface area contributed by atoms with Crippen molar-refractivity contribution in [3.05, 3.63) is 59.9 Å². The van der Waals surface area contributed by atoms with E-state index in [0.29, 0.717) is 11.1 Å². The van der Waals surface area contributed by atoms with E-state index in [0.717, 1.165) is 24.3 Å². The van der Waals surface area contributed by atoms with Gasteiger partial charge in [0, 0.05) is 31.4 Å². The molecule has 1 aliphatic heterocycles. The lowest BCUT2D eigenvalue weighted by Gasteiger charge is -2.40. The number of tetrazole rings is 1. The van der Waals surface area contributed by atoms with Crippen LogP contribution in [0.2, 0.25) is 0 Å². The molecule has 1 atom stereocenters. The van der Waals surface area contributed by atoms with Crippen LogP contribution >= 0.6 is 11.8 Å². The fraction of sp³-hybridized carbons (Fsp3) is 0.316. The molecule has 4 rings (SSSR count). The summed E-state index contributed by atoms with van der Waals surface area (Å²) in [4.78, 5) is 18.7. The molecule has 3 heterocycles. The summed E-state index contributed by atoms with van der Waals surface area (Å²) < 4.78 is 1.68. The quantitative estimate of drug-likeness (QED) is 0.633. The Labute approximate surface area is 161 Å². The van der Waals surface area contributed by atoms with Crippen LogP contribution in [0.15, 0.2) is 53.9 Å². The molecular formula is C19H20N6OS. The second-order valence-electron chi connectivity index (χ2n) is 6.69. The van der Waals surface area contributed by atoms with E-state index in [1.54, 1.807) is 17.1 Å². The minimum atomic E-state index is -0.252. The summed E-state index contributed by atoms with van der Waals surface area (Å²) in [7, 11) is 0. The summed E-state index contributed by atoms with van der Waals surface area (Å²) >= 11 is 1.39. The molecule has 1 saturated heterocycles. The molecule has 0 radical (unpaired) electrons. The Morgan fingerprint density at radius 1 is 1.22 bits per heavy atom. The van der Waals surface area contributed by atoms with Gasteiger partial charge in [0.15, 0.2) is 0 Å². The van der Waals surface area contributed by atoms with Crippen LogP contribution in [0.5, 0.6) is 0 Å². The van der Waals surface area contributed by atoms with Gasteiger partial charge in [0.05, 0.1) is 10.9 Å². The Bertz CT molecular complexity index is 938. The van der Waals surface area contributed by atoms with E-state index in [2.05, 4.69) is 20.5 Å². The predicted octanol–water partition coefficient (Wildman–Crippen LogP) is 2.47. The van der Waals surface area contributed by atoms with Crippen LogP contribution in [-0.4, -0.2) is 54.3 Å². The van der Waals surface area contributed by atoms with Crippen LogP contribution in [0.4, 0.5) is 0 Å². The normalized spacial score (nSPS) is 15.4. The van der Waals surface area contributed by atoms with E-state index in [9.17, 15) is 4.79 Å². The zero-order valence-electron chi connectivity index (χ0n) is 15.2. The Balaban J connectivity index is 1.40. The van der Waals surface area contributed by atoms with Crippen LogP contribution in [0.3, 0.4) is 0 Å². The first-order chi connectivity index (χ1) is 13.1. The van der Waals surface area contributed by atoms with Crippen LogP contribution in [-0.2, 0) is 4.79 Å². The minimum absolute atomic E-state index is 0.115. The molecule has 0 spiro atoms. The first kappa shape index (κ1) is 17.7. The van der Waals surface area contributed by atoms with Crippen molar-refractivity contribution in [2.45, 2.75) is 30.2 Å². The number of aromatic nitrogens is 5. The number of hydrogen-bond acceptors (Lipinski definition) is 6. The zero-order valence-corrected chi connectivity index (χ0v) is 16.0. The van der Waals surface area contributed by atoms with Gasteiger partial charge in [-0.2, -0.15) is 4.68 Å². The van der Waals surface area contributed by atoms with Crippen LogP contribution < -0.4 is 0 Å². The van der Waals surface area contributed by atoms with Gasteiger partial charge in [0.25, 0.3) is 0 Å². The highest BCUT2D eigenvalue weighted by Gasteiger charge is 2.34. The maximum Gasteiger partial charge on any atom is 0.235 e. The van der Waals surface area contributed by atoms with E-state index in [1.165, 1.54) is 17.3 Å². The number of carbonyl (C=O) groups excluding carboxylic acids is 1. The third kappa shape index (κ3) is 3.71. The van der Waals surface area contributed by atoms with Gasteiger partial charge in [-0.1, -0.05) is 23.9 Å². The highest BCUT2D eigenvalue weighted by molar-refractivity contribution is 8.00. The number of nitrogens with zero attached hydrogens (tertiary/aromatic N) is 6. The molecule has 0 aliphatic carbocycles. The SMILES string of the molecule is Cc1cccc(-n2nnnc2SC(C)C(=O)N2CC(c3ccncc3)C2)c1. The molecule has 3 aromatic rings. The molecule has 1 fully saturated rings. The van der Waals surface area contributed by atoms with Gasteiger partial charge in [-0.05, 0) is 59.7 Å². The molecule has 8 heteroatoms. The van der Waals surface area contributed by atoms with Crippen molar-refractivity contribution in [2.24, 2.45) is 0 Å². The average Bonchev–Trinajstić information content (AvgIpc) is 3.09. The van der Waals surface area contributed by atoms with Crippen LogP contribution in [0.25, 0.3) is 5.69 Å². The van der Waals surface area contributed by atoms with Gasteiger partial charge in [-0.3, -0.25) is 9.78 Å². The zero-order chi connectivity index (χ0) is 18.8. The molecule has 7 nitrogen and oxygen atoms in total. The number of pyridine rings is 1. The van der Waals surface area contributed by atoms with Gasteiger partial charge < -0.3 is 4.90 Å². The average molecular weight is 380 g/mol. The predicted molar refractivity (Wildman–Crippen MR) is 103 cm³/mol. The molecule has 1 aliphatic rings. The lowest BCUT2D eigenvalue weighted by atomic mass is 9.92. The number of rotatable bonds is 5. The van der Waals surface area contributed by atoms with E-state index in [4.69, 9.17) is 0 Å². The van der Waals surface area contributed by atoms with Crippen LogP contribution in [0.1, 0.15) is 24.0 Å². The largest absolute Gasteiger partial charge is 0.340 e. The van der Waals surface area contributed by atoms with Crippen molar-refractivity contribution in [3.63, 3.8) is 0 Å². The van der Waals surface area contributed by atoms with E-state index in [1.807, 2.05) is 55.1 Å². The Hall–Kier alpha value is -2.74. The van der Waals surface area contributed by atoms with Crippen LogP contribution in [0, 0.1) is 6.92 Å². The van der Waals surface area contributed by atoms with Gasteiger partial charge in [-0.15, -0.1) is 5.10 Å². The number of likely N-dealkylation sites (tertiary alicyclic amines) is 1. The molecule has 2 aromatic heterocycles. The van der Waals surface area contributed by atoms with Crippen molar-refractivity contribution >= 4 is 17.7 Å². The van der Waals surface area contributed by atoms with Crippen molar-refractivity contribution in [1.29, 1.82) is 0 Å². The molecule has 138 valence electrons. The highest BCUT2D eigenvalue weighted by Crippen LogP contribution is 2.30. The van der Waals surface area contributed by atoms with Crippen molar-refractivity contribution in [2.75, 3.05) is 13.1 Å². The van der Waals surface area contributed by atoms with Gasteiger partial charge in [0.1, 0.15) is 0 Å². The summed E-state index contributed by atoms with van der Waals surface area (Å²) in [6, 6.07) is 12.0. The lowest BCUT2D eigenvalue weighted by molar-refractivity contribution is -0.134. The fourth-order valence-electron chi connectivity index (χ4n) is 3.14. The second-order valence-corrected chi connectivity index (χ2v) is 8.00. The van der Waals surface area contributed by atoms with E-state index in [-0.39, 0.29) is 11.2 Å². The van der Waals surface area contributed by atoms with Gasteiger partial charge >= 0.3 is 0 Å². The molecule has 1 unspecified atom stereocenters. The monoisotopic (exact) mass is 380 g/mol. The molecule has 27 heavy (non-hydrogen) atoms. The van der Waals surface area contributed by atoms with Crippen molar-refractivity contribution in [1.82, 2.24) is 30.1 Å². The van der Waals surface area contributed by atoms with Crippen molar-refractivity contribution in [3.8, 4) is 5.69 Å². The maximum atomic E-state index is 12.7. The Kier molecular flexibility index (Phi) is 4.89. The van der Waals surface area contributed by atoms with E-state index < -0.39 is 0 Å². The Morgan fingerprint density at radius 2 is 2.00 bits per heavy atom. The molecule has 1 amide bonds. The summed E-state index contributed by atoms with van der Waals surface area (Å²) in [5.41, 5.74) is 3.26. The first-order valence-electron chi connectivity index (χ1n) is 8.82. The standard InChI is InChI=1S/C19H20N6OS/c1-13-4-3-5-17(10-13)25-19(21-22-23-25)27-14(2)18(26)24-11-16(12-24)15-6-8-20-9-7-15/h3-10,14,16H,11-12H2,1-2H3. The molecular weight excluding hydrogens is 360 g/mol. The number of carbonyl (C=O) groups is 1. The summed E-state index contributed by atoms with van der Waals surface area (Å²) in [5, 5.41) is 12.3. The molecule has 0 saturated carbocycles. The highest BCUT2D eigenvalue weighted by atomic mass is 32.2. The summed E-state index contributed by atoms with van der Waals surface area (Å²) in [6.45, 7) is 5.42. The Morgan fingerprint density at radius 3 is 2.74 bits per heavy atom. The first-order valence-corrected chi connectivity index (χ1v) is 9.70. The third-order valence-electron chi connectivity index (χ3n) is 4.69. The molecule has 1 aromatic carbocycles. The van der Waals surface area contributed by atoms with E-state index >= 15 is 0 Å². The lowest BCUT2D eigenvalue weighted by Crippen LogP contribution is -2.51. The van der Waals surface area contributed by atoms with Gasteiger partial charge in [-0.25, -0.2) is 0 Å². The number of benzene rings is 1. The minimum Gasteiger partial charge on any atom is -0.340 e. The molecule has 0 N–H and O–H groups in total. The number of hydrogen-bond donors (Lipinski definition) is 0. The smallest absolute Gasteiger partial charge is 0.235 e.